The lowest BCUT2D eigenvalue weighted by molar-refractivity contribution is 0.280. The van der Waals surface area contributed by atoms with Crippen LogP contribution in [0.3, 0.4) is 0 Å². The summed E-state index contributed by atoms with van der Waals surface area (Å²) in [6.07, 6.45) is 4.31. The average Bonchev–Trinajstić information content (AvgIpc) is 2.96. The maximum Gasteiger partial charge on any atom is 0.0715 e. The van der Waals surface area contributed by atoms with Crippen molar-refractivity contribution < 1.29 is 5.11 Å². The van der Waals surface area contributed by atoms with Crippen molar-refractivity contribution in [1.82, 2.24) is 14.7 Å². The maximum atomic E-state index is 9.22. The quantitative estimate of drug-likeness (QED) is 0.780. The Kier molecular flexibility index (Phi) is 3.07. The van der Waals surface area contributed by atoms with Gasteiger partial charge in [0, 0.05) is 23.7 Å². The zero-order valence-corrected chi connectivity index (χ0v) is 9.48. The zero-order valence-electron chi connectivity index (χ0n) is 9.48. The summed E-state index contributed by atoms with van der Waals surface area (Å²) in [5, 5.41) is 13.6. The van der Waals surface area contributed by atoms with Crippen molar-refractivity contribution in [2.75, 3.05) is 20.6 Å². The van der Waals surface area contributed by atoms with Gasteiger partial charge < -0.3 is 10.0 Å². The van der Waals surface area contributed by atoms with E-state index in [1.807, 2.05) is 6.20 Å². The van der Waals surface area contributed by atoms with Crippen LogP contribution in [-0.4, -0.2) is 40.4 Å². The fraction of sp³-hybridized carbons (Fsp3) is 0.727. The molecule has 84 valence electrons. The monoisotopic (exact) mass is 209 g/mol. The van der Waals surface area contributed by atoms with E-state index in [2.05, 4.69) is 28.8 Å². The molecule has 1 fully saturated rings. The Morgan fingerprint density at radius 1 is 1.53 bits per heavy atom. The van der Waals surface area contributed by atoms with Crippen LogP contribution in [0.5, 0.6) is 0 Å². The molecule has 1 aliphatic carbocycles. The van der Waals surface area contributed by atoms with Crippen molar-refractivity contribution in [3.63, 3.8) is 0 Å². The number of aliphatic hydroxyl groups excluding tert-OH is 1. The highest BCUT2D eigenvalue weighted by molar-refractivity contribution is 5.24. The van der Waals surface area contributed by atoms with E-state index >= 15 is 0 Å². The van der Waals surface area contributed by atoms with Gasteiger partial charge in [0.1, 0.15) is 0 Å². The highest BCUT2D eigenvalue weighted by atomic mass is 16.3. The van der Waals surface area contributed by atoms with Gasteiger partial charge in [-0.15, -0.1) is 0 Å². The van der Waals surface area contributed by atoms with E-state index in [0.717, 1.165) is 18.7 Å². The van der Waals surface area contributed by atoms with E-state index in [4.69, 9.17) is 0 Å². The molecule has 15 heavy (non-hydrogen) atoms. The molecule has 0 aromatic carbocycles. The van der Waals surface area contributed by atoms with Gasteiger partial charge in [-0.05, 0) is 26.9 Å². The molecule has 0 radical (unpaired) electrons. The van der Waals surface area contributed by atoms with Gasteiger partial charge in [-0.3, -0.25) is 4.68 Å². The molecule has 0 spiro atoms. The fourth-order valence-corrected chi connectivity index (χ4v) is 1.86. The fourth-order valence-electron chi connectivity index (χ4n) is 1.86. The second-order valence-corrected chi connectivity index (χ2v) is 4.51. The van der Waals surface area contributed by atoms with Crippen LogP contribution in [0, 0.1) is 0 Å². The number of hydrogen-bond donors (Lipinski definition) is 1. The summed E-state index contributed by atoms with van der Waals surface area (Å²) in [6.45, 7) is 2.03. The summed E-state index contributed by atoms with van der Waals surface area (Å²) in [7, 11) is 4.13. The van der Waals surface area contributed by atoms with Gasteiger partial charge in [-0.2, -0.15) is 5.10 Å². The standard InChI is InChI=1S/C11H19N3O/c1-13(2)5-6-14-11(9-3-4-9)10(8-15)7-12-14/h7,9,15H,3-6,8H2,1-2H3. The van der Waals surface area contributed by atoms with Crippen molar-refractivity contribution in [3.05, 3.63) is 17.5 Å². The number of likely N-dealkylation sites (N-methyl/N-ethyl adjacent to an activating group) is 1. The molecular formula is C11H19N3O. The second-order valence-electron chi connectivity index (χ2n) is 4.51. The molecule has 0 amide bonds. The Hall–Kier alpha value is -0.870. The van der Waals surface area contributed by atoms with E-state index in [0.29, 0.717) is 5.92 Å². The van der Waals surface area contributed by atoms with Crippen LogP contribution >= 0.6 is 0 Å². The molecule has 4 heteroatoms. The maximum absolute atomic E-state index is 9.22. The molecule has 1 saturated carbocycles. The average molecular weight is 209 g/mol. The summed E-state index contributed by atoms with van der Waals surface area (Å²) in [6, 6.07) is 0. The Labute approximate surface area is 90.5 Å². The molecule has 4 nitrogen and oxygen atoms in total. The van der Waals surface area contributed by atoms with Gasteiger partial charge in [0.2, 0.25) is 0 Å². The van der Waals surface area contributed by atoms with Crippen LogP contribution in [0.4, 0.5) is 0 Å². The third-order valence-corrected chi connectivity index (χ3v) is 2.85. The van der Waals surface area contributed by atoms with Gasteiger partial charge in [0.15, 0.2) is 0 Å². The summed E-state index contributed by atoms with van der Waals surface area (Å²) in [5.41, 5.74) is 2.27. The van der Waals surface area contributed by atoms with Gasteiger partial charge >= 0.3 is 0 Å². The summed E-state index contributed by atoms with van der Waals surface area (Å²) < 4.78 is 2.06. The SMILES string of the molecule is CN(C)CCn1ncc(CO)c1C1CC1. The van der Waals surface area contributed by atoms with Crippen LogP contribution in [0.15, 0.2) is 6.20 Å². The number of nitrogens with zero attached hydrogens (tertiary/aromatic N) is 3. The lowest BCUT2D eigenvalue weighted by Gasteiger charge is -2.12. The molecule has 0 bridgehead atoms. The molecule has 0 aliphatic heterocycles. The van der Waals surface area contributed by atoms with Crippen LogP contribution in [-0.2, 0) is 13.2 Å². The molecular weight excluding hydrogens is 190 g/mol. The third-order valence-electron chi connectivity index (χ3n) is 2.85. The Morgan fingerprint density at radius 3 is 2.80 bits per heavy atom. The van der Waals surface area contributed by atoms with Gasteiger partial charge in [0.05, 0.1) is 19.3 Å². The topological polar surface area (TPSA) is 41.3 Å². The van der Waals surface area contributed by atoms with Gasteiger partial charge in [-0.25, -0.2) is 0 Å². The second kappa shape index (κ2) is 4.33. The first kappa shape index (κ1) is 10.6. The third kappa shape index (κ3) is 2.38. The van der Waals surface area contributed by atoms with Gasteiger partial charge in [-0.1, -0.05) is 0 Å². The normalized spacial score (nSPS) is 16.3. The van der Waals surface area contributed by atoms with E-state index < -0.39 is 0 Å². The lowest BCUT2D eigenvalue weighted by atomic mass is 10.2. The first-order valence-corrected chi connectivity index (χ1v) is 5.52. The highest BCUT2D eigenvalue weighted by Crippen LogP contribution is 2.41. The lowest BCUT2D eigenvalue weighted by Crippen LogP contribution is -2.20. The van der Waals surface area contributed by atoms with E-state index in [-0.39, 0.29) is 6.61 Å². The molecule has 0 atom stereocenters. The molecule has 1 aromatic heterocycles. The molecule has 0 unspecified atom stereocenters. The van der Waals surface area contributed by atoms with E-state index in [1.54, 1.807) is 0 Å². The summed E-state index contributed by atoms with van der Waals surface area (Å²) >= 11 is 0. The van der Waals surface area contributed by atoms with Gasteiger partial charge in [0.25, 0.3) is 0 Å². The van der Waals surface area contributed by atoms with Crippen molar-refractivity contribution in [2.45, 2.75) is 31.9 Å². The minimum atomic E-state index is 0.119. The Morgan fingerprint density at radius 2 is 2.27 bits per heavy atom. The molecule has 1 N–H and O–H groups in total. The Bertz CT molecular complexity index is 329. The number of aliphatic hydroxyl groups is 1. The number of aromatic nitrogens is 2. The summed E-state index contributed by atoms with van der Waals surface area (Å²) in [4.78, 5) is 2.15. The predicted molar refractivity (Wildman–Crippen MR) is 58.7 cm³/mol. The molecule has 1 heterocycles. The first-order chi connectivity index (χ1) is 7.22. The zero-order chi connectivity index (χ0) is 10.8. The smallest absolute Gasteiger partial charge is 0.0715 e. The first-order valence-electron chi connectivity index (χ1n) is 5.52. The molecule has 2 rings (SSSR count). The van der Waals surface area contributed by atoms with Crippen LogP contribution in [0.1, 0.15) is 30.0 Å². The van der Waals surface area contributed by atoms with E-state index in [1.165, 1.54) is 18.5 Å². The minimum absolute atomic E-state index is 0.119. The van der Waals surface area contributed by atoms with Crippen molar-refractivity contribution in [2.24, 2.45) is 0 Å². The molecule has 1 aliphatic rings. The van der Waals surface area contributed by atoms with Crippen molar-refractivity contribution >= 4 is 0 Å². The van der Waals surface area contributed by atoms with Crippen molar-refractivity contribution in [1.29, 1.82) is 0 Å². The minimum Gasteiger partial charge on any atom is -0.392 e. The predicted octanol–water partition coefficient (Wildman–Crippen LogP) is 0.814. The summed E-state index contributed by atoms with van der Waals surface area (Å²) in [5.74, 6) is 0.650. The molecule has 0 saturated heterocycles. The highest BCUT2D eigenvalue weighted by Gasteiger charge is 2.29. The number of hydrogen-bond acceptors (Lipinski definition) is 3. The largest absolute Gasteiger partial charge is 0.392 e. The van der Waals surface area contributed by atoms with Crippen LogP contribution in [0.25, 0.3) is 0 Å². The van der Waals surface area contributed by atoms with Crippen molar-refractivity contribution in [3.8, 4) is 0 Å². The van der Waals surface area contributed by atoms with Crippen LogP contribution in [0.2, 0.25) is 0 Å². The van der Waals surface area contributed by atoms with Crippen LogP contribution < -0.4 is 0 Å². The van der Waals surface area contributed by atoms with E-state index in [9.17, 15) is 5.11 Å². The Balaban J connectivity index is 2.11. The number of rotatable bonds is 5. The molecule has 1 aromatic rings.